The topological polar surface area (TPSA) is 55.9 Å². The minimum Gasteiger partial charge on any atom is -0.346 e. The predicted octanol–water partition coefficient (Wildman–Crippen LogP) is 2.54. The molecule has 0 amide bonds. The van der Waals surface area contributed by atoms with Gasteiger partial charge in [-0.05, 0) is 43.9 Å². The highest BCUT2D eigenvalue weighted by molar-refractivity contribution is 5.18. The van der Waals surface area contributed by atoms with E-state index < -0.39 is 0 Å². The zero-order valence-electron chi connectivity index (χ0n) is 12.2. The van der Waals surface area contributed by atoms with Crippen molar-refractivity contribution in [3.63, 3.8) is 0 Å². The smallest absolute Gasteiger partial charge is 0.226 e. The molecule has 1 aliphatic carbocycles. The van der Waals surface area contributed by atoms with Gasteiger partial charge in [-0.2, -0.15) is 4.98 Å². The van der Waals surface area contributed by atoms with Crippen molar-refractivity contribution in [1.82, 2.24) is 20.0 Å². The zero-order chi connectivity index (χ0) is 13.9. The molecule has 1 fully saturated rings. The van der Waals surface area contributed by atoms with Crippen molar-refractivity contribution in [2.24, 2.45) is 5.92 Å². The molecular weight excluding hydrogens is 252 g/mol. The van der Waals surface area contributed by atoms with Gasteiger partial charge in [0.2, 0.25) is 5.89 Å². The Labute approximate surface area is 119 Å². The lowest BCUT2D eigenvalue weighted by molar-refractivity contribution is 0.371. The fourth-order valence-corrected chi connectivity index (χ4v) is 2.68. The number of hydrogen-bond acceptors (Lipinski definition) is 4. The molecule has 3 rings (SSSR count). The number of aromatic nitrogens is 3. The molecular formula is C15H22N4O. The lowest BCUT2D eigenvalue weighted by Crippen LogP contribution is -2.17. The molecule has 0 aliphatic heterocycles. The third-order valence-corrected chi connectivity index (χ3v) is 3.83. The van der Waals surface area contributed by atoms with Gasteiger partial charge in [0.15, 0.2) is 5.82 Å². The third kappa shape index (κ3) is 2.93. The van der Waals surface area contributed by atoms with Crippen LogP contribution in [0.2, 0.25) is 0 Å². The molecule has 0 spiro atoms. The molecule has 1 saturated carbocycles. The van der Waals surface area contributed by atoms with Crippen LogP contribution in [0.3, 0.4) is 0 Å². The maximum absolute atomic E-state index is 5.21. The van der Waals surface area contributed by atoms with Crippen molar-refractivity contribution in [2.45, 2.75) is 45.2 Å². The van der Waals surface area contributed by atoms with Crippen LogP contribution in [-0.2, 0) is 13.0 Å². The van der Waals surface area contributed by atoms with Crippen LogP contribution < -0.4 is 5.32 Å². The average molecular weight is 274 g/mol. The van der Waals surface area contributed by atoms with Crippen LogP contribution in [0.25, 0.3) is 0 Å². The first-order valence-corrected chi connectivity index (χ1v) is 7.44. The molecule has 2 aromatic heterocycles. The summed E-state index contributed by atoms with van der Waals surface area (Å²) in [6.07, 6.45) is 8.84. The van der Waals surface area contributed by atoms with Crippen LogP contribution in [0.1, 0.15) is 49.5 Å². The predicted molar refractivity (Wildman–Crippen MR) is 76.4 cm³/mol. The Kier molecular flexibility index (Phi) is 3.87. The van der Waals surface area contributed by atoms with Gasteiger partial charge in [-0.3, -0.25) is 0 Å². The highest BCUT2D eigenvalue weighted by Gasteiger charge is 2.31. The van der Waals surface area contributed by atoms with Crippen LogP contribution in [0.15, 0.2) is 23.0 Å². The summed E-state index contributed by atoms with van der Waals surface area (Å²) < 4.78 is 7.34. The fraction of sp³-hybridized carbons (Fsp3) is 0.600. The van der Waals surface area contributed by atoms with Gasteiger partial charge < -0.3 is 14.4 Å². The first kappa shape index (κ1) is 13.4. The Bertz CT molecular complexity index is 556. The van der Waals surface area contributed by atoms with Crippen LogP contribution in [0.5, 0.6) is 0 Å². The van der Waals surface area contributed by atoms with Crippen molar-refractivity contribution in [1.29, 1.82) is 0 Å². The van der Waals surface area contributed by atoms with Gasteiger partial charge in [0.25, 0.3) is 0 Å². The van der Waals surface area contributed by atoms with E-state index in [1.807, 2.05) is 7.05 Å². The molecule has 2 heterocycles. The number of nitrogens with one attached hydrogen (secondary N) is 1. The summed E-state index contributed by atoms with van der Waals surface area (Å²) in [6, 6.07) is 2.67. The summed E-state index contributed by atoms with van der Waals surface area (Å²) in [6.45, 7) is 2.78. The van der Waals surface area contributed by atoms with Crippen molar-refractivity contribution < 1.29 is 4.52 Å². The summed E-state index contributed by atoms with van der Waals surface area (Å²) in [5.41, 5.74) is 1.35. The van der Waals surface area contributed by atoms with E-state index in [1.54, 1.807) is 0 Å². The van der Waals surface area contributed by atoms with Crippen LogP contribution >= 0.6 is 0 Å². The molecule has 5 heteroatoms. The third-order valence-electron chi connectivity index (χ3n) is 3.83. The number of aryl methyl sites for hydroxylation is 1. The molecule has 0 bridgehead atoms. The first-order chi connectivity index (χ1) is 9.80. The molecule has 0 saturated heterocycles. The summed E-state index contributed by atoms with van der Waals surface area (Å²) in [4.78, 5) is 4.40. The van der Waals surface area contributed by atoms with Crippen LogP contribution in [-0.4, -0.2) is 21.8 Å². The van der Waals surface area contributed by atoms with Gasteiger partial charge in [-0.15, -0.1) is 0 Å². The average Bonchev–Trinajstić information content (AvgIpc) is 3.00. The van der Waals surface area contributed by atoms with E-state index in [0.717, 1.165) is 30.5 Å². The molecule has 0 aromatic carbocycles. The highest BCUT2D eigenvalue weighted by atomic mass is 16.5. The van der Waals surface area contributed by atoms with Crippen molar-refractivity contribution in [2.75, 3.05) is 7.05 Å². The Hall–Kier alpha value is -1.62. The Morgan fingerprint density at radius 2 is 2.35 bits per heavy atom. The van der Waals surface area contributed by atoms with E-state index in [4.69, 9.17) is 4.52 Å². The zero-order valence-corrected chi connectivity index (χ0v) is 12.2. The van der Waals surface area contributed by atoms with Gasteiger partial charge in [0.05, 0.1) is 6.54 Å². The standard InChI is InChI=1S/C15H22N4O/c1-3-4-14-17-13(18-20-14)10-19-8-7-12(9-19)15(16-2)11-5-6-11/h7-9,11,15-16H,3-6,10H2,1-2H3. The van der Waals surface area contributed by atoms with E-state index in [9.17, 15) is 0 Å². The Balaban J connectivity index is 1.66. The summed E-state index contributed by atoms with van der Waals surface area (Å²) in [5, 5.41) is 7.44. The summed E-state index contributed by atoms with van der Waals surface area (Å²) in [7, 11) is 2.04. The largest absolute Gasteiger partial charge is 0.346 e. The first-order valence-electron chi connectivity index (χ1n) is 7.44. The van der Waals surface area contributed by atoms with Gasteiger partial charge in [0.1, 0.15) is 0 Å². The molecule has 1 unspecified atom stereocenters. The molecule has 108 valence electrons. The number of hydrogen-bond donors (Lipinski definition) is 1. The maximum Gasteiger partial charge on any atom is 0.226 e. The maximum atomic E-state index is 5.21. The second-order valence-electron chi connectivity index (χ2n) is 5.58. The van der Waals surface area contributed by atoms with Gasteiger partial charge in [0, 0.05) is 24.9 Å². The number of nitrogens with zero attached hydrogens (tertiary/aromatic N) is 3. The van der Waals surface area contributed by atoms with E-state index in [0.29, 0.717) is 12.6 Å². The van der Waals surface area contributed by atoms with Crippen molar-refractivity contribution in [3.05, 3.63) is 35.7 Å². The van der Waals surface area contributed by atoms with Gasteiger partial charge in [-0.25, -0.2) is 0 Å². The minimum atomic E-state index is 0.483. The fourth-order valence-electron chi connectivity index (χ4n) is 2.68. The second kappa shape index (κ2) is 5.79. The molecule has 1 aliphatic rings. The van der Waals surface area contributed by atoms with Gasteiger partial charge >= 0.3 is 0 Å². The van der Waals surface area contributed by atoms with Gasteiger partial charge in [-0.1, -0.05) is 12.1 Å². The molecule has 2 aromatic rings. The monoisotopic (exact) mass is 274 g/mol. The second-order valence-corrected chi connectivity index (χ2v) is 5.58. The molecule has 1 atom stereocenters. The van der Waals surface area contributed by atoms with E-state index in [2.05, 4.69) is 45.4 Å². The normalized spacial score (nSPS) is 16.5. The Morgan fingerprint density at radius 1 is 1.50 bits per heavy atom. The molecule has 1 N–H and O–H groups in total. The molecule has 20 heavy (non-hydrogen) atoms. The quantitative estimate of drug-likeness (QED) is 0.843. The SMILES string of the molecule is CCCc1nc(Cn2ccc(C(NC)C3CC3)c2)no1. The van der Waals surface area contributed by atoms with Crippen LogP contribution in [0.4, 0.5) is 0 Å². The van der Waals surface area contributed by atoms with Crippen LogP contribution in [0, 0.1) is 5.92 Å². The minimum absolute atomic E-state index is 0.483. The Morgan fingerprint density at radius 3 is 3.05 bits per heavy atom. The summed E-state index contributed by atoms with van der Waals surface area (Å²) >= 11 is 0. The molecule has 0 radical (unpaired) electrons. The highest BCUT2D eigenvalue weighted by Crippen LogP contribution is 2.40. The number of rotatable bonds is 7. The lowest BCUT2D eigenvalue weighted by atomic mass is 10.1. The van der Waals surface area contributed by atoms with E-state index in [1.165, 1.54) is 18.4 Å². The van der Waals surface area contributed by atoms with E-state index in [-0.39, 0.29) is 0 Å². The lowest BCUT2D eigenvalue weighted by Gasteiger charge is -2.13. The summed E-state index contributed by atoms with van der Waals surface area (Å²) in [5.74, 6) is 2.29. The van der Waals surface area contributed by atoms with E-state index >= 15 is 0 Å². The van der Waals surface area contributed by atoms with Crippen molar-refractivity contribution >= 4 is 0 Å². The molecule has 5 nitrogen and oxygen atoms in total. The van der Waals surface area contributed by atoms with Crippen molar-refractivity contribution in [3.8, 4) is 0 Å².